The van der Waals surface area contributed by atoms with E-state index in [9.17, 15) is 14.6 Å². The molecular formula is C19H22FNO2. The molecule has 3 nitrogen and oxygen atoms in total. The van der Waals surface area contributed by atoms with Crippen molar-refractivity contribution in [2.75, 3.05) is 19.6 Å². The van der Waals surface area contributed by atoms with Gasteiger partial charge in [-0.15, -0.1) is 0 Å². The van der Waals surface area contributed by atoms with Crippen molar-refractivity contribution < 1.29 is 14.6 Å². The van der Waals surface area contributed by atoms with Gasteiger partial charge in [0.1, 0.15) is 5.82 Å². The van der Waals surface area contributed by atoms with Gasteiger partial charge < -0.3 is 15.1 Å². The van der Waals surface area contributed by atoms with Crippen molar-refractivity contribution in [3.8, 4) is 0 Å². The molecule has 1 aliphatic heterocycles. The van der Waals surface area contributed by atoms with E-state index >= 15 is 0 Å². The van der Waals surface area contributed by atoms with Gasteiger partial charge in [0.05, 0.1) is 11.7 Å². The number of aliphatic hydroxyl groups excluding tert-OH is 1. The molecule has 23 heavy (non-hydrogen) atoms. The predicted octanol–water partition coefficient (Wildman–Crippen LogP) is 2.84. The lowest BCUT2D eigenvalue weighted by Gasteiger charge is -2.39. The summed E-state index contributed by atoms with van der Waals surface area (Å²) in [5.41, 5.74) is 0.774. The van der Waals surface area contributed by atoms with Crippen LogP contribution >= 0.6 is 0 Å². The Morgan fingerprint density at radius 2 is 1.61 bits per heavy atom. The summed E-state index contributed by atoms with van der Waals surface area (Å²) in [5, 5.41) is 21.1. The standard InChI is InChI=1S/C19H22FNO2/c20-17-8-6-16(7-9-17)19(23)10-12-21(13-11-19)14-18(22)15-4-2-1-3-5-15/h1-9,18,22-23H,10-14H2/t18-/m1/s1. The van der Waals surface area contributed by atoms with Crippen LogP contribution in [0.1, 0.15) is 30.1 Å². The zero-order valence-electron chi connectivity index (χ0n) is 13.0. The second-order valence-corrected chi connectivity index (χ2v) is 6.27. The van der Waals surface area contributed by atoms with Crippen LogP contribution in [0.15, 0.2) is 54.6 Å². The average Bonchev–Trinajstić information content (AvgIpc) is 2.58. The Morgan fingerprint density at radius 3 is 2.22 bits per heavy atom. The average molecular weight is 315 g/mol. The van der Waals surface area contributed by atoms with Crippen molar-refractivity contribution in [3.63, 3.8) is 0 Å². The summed E-state index contributed by atoms with van der Waals surface area (Å²) in [6, 6.07) is 15.7. The van der Waals surface area contributed by atoms with E-state index in [1.54, 1.807) is 12.1 Å². The third-order valence-corrected chi connectivity index (χ3v) is 4.68. The van der Waals surface area contributed by atoms with Crippen molar-refractivity contribution >= 4 is 0 Å². The van der Waals surface area contributed by atoms with Crippen molar-refractivity contribution in [2.24, 2.45) is 0 Å². The molecule has 1 saturated heterocycles. The summed E-state index contributed by atoms with van der Waals surface area (Å²) in [7, 11) is 0. The Morgan fingerprint density at radius 1 is 1.00 bits per heavy atom. The number of nitrogens with zero attached hydrogens (tertiary/aromatic N) is 1. The minimum Gasteiger partial charge on any atom is -0.387 e. The molecule has 1 atom stereocenters. The first-order valence-electron chi connectivity index (χ1n) is 8.01. The zero-order valence-corrected chi connectivity index (χ0v) is 13.0. The van der Waals surface area contributed by atoms with Crippen LogP contribution in [-0.4, -0.2) is 34.7 Å². The molecule has 4 heteroatoms. The fourth-order valence-electron chi connectivity index (χ4n) is 3.18. The maximum absolute atomic E-state index is 13.0. The highest BCUT2D eigenvalue weighted by Gasteiger charge is 2.34. The molecular weight excluding hydrogens is 293 g/mol. The molecule has 122 valence electrons. The Kier molecular flexibility index (Phi) is 4.76. The summed E-state index contributed by atoms with van der Waals surface area (Å²) < 4.78 is 13.0. The van der Waals surface area contributed by atoms with Crippen LogP contribution in [0.25, 0.3) is 0 Å². The van der Waals surface area contributed by atoms with Crippen LogP contribution < -0.4 is 0 Å². The normalized spacial score (nSPS) is 19.4. The Bertz CT molecular complexity index is 622. The van der Waals surface area contributed by atoms with Crippen LogP contribution in [-0.2, 0) is 5.60 Å². The summed E-state index contributed by atoms with van der Waals surface area (Å²) in [6.45, 7) is 1.97. The van der Waals surface area contributed by atoms with Crippen molar-refractivity contribution in [3.05, 3.63) is 71.5 Å². The first-order chi connectivity index (χ1) is 11.1. The fourth-order valence-corrected chi connectivity index (χ4v) is 3.18. The number of rotatable bonds is 4. The Hall–Kier alpha value is -1.75. The third kappa shape index (κ3) is 3.78. The fraction of sp³-hybridized carbons (Fsp3) is 0.368. The number of benzene rings is 2. The van der Waals surface area contributed by atoms with Crippen molar-refractivity contribution in [1.29, 1.82) is 0 Å². The van der Waals surface area contributed by atoms with Crippen LogP contribution in [0.5, 0.6) is 0 Å². The van der Waals surface area contributed by atoms with Gasteiger partial charge in [-0.1, -0.05) is 42.5 Å². The maximum atomic E-state index is 13.0. The molecule has 0 unspecified atom stereocenters. The van der Waals surface area contributed by atoms with Gasteiger partial charge in [0.15, 0.2) is 0 Å². The zero-order chi connectivity index (χ0) is 16.3. The summed E-state index contributed by atoms with van der Waals surface area (Å²) in [4.78, 5) is 2.16. The Labute approximate surface area is 136 Å². The molecule has 0 bridgehead atoms. The number of piperidine rings is 1. The molecule has 0 aromatic heterocycles. The molecule has 2 aromatic carbocycles. The smallest absolute Gasteiger partial charge is 0.123 e. The van der Waals surface area contributed by atoms with Crippen molar-refractivity contribution in [2.45, 2.75) is 24.5 Å². The monoisotopic (exact) mass is 315 g/mol. The minimum atomic E-state index is -0.901. The Balaban J connectivity index is 1.59. The lowest BCUT2D eigenvalue weighted by molar-refractivity contribution is -0.0345. The molecule has 0 saturated carbocycles. The molecule has 0 amide bonds. The molecule has 1 heterocycles. The first-order valence-corrected chi connectivity index (χ1v) is 8.01. The van der Waals surface area contributed by atoms with E-state index in [-0.39, 0.29) is 5.82 Å². The highest BCUT2D eigenvalue weighted by molar-refractivity contribution is 5.24. The summed E-state index contributed by atoms with van der Waals surface area (Å²) in [6.07, 6.45) is 0.647. The summed E-state index contributed by atoms with van der Waals surface area (Å²) in [5.74, 6) is -0.291. The number of halogens is 1. The molecule has 2 aromatic rings. The molecule has 1 aliphatic rings. The number of aliphatic hydroxyl groups is 2. The van der Waals surface area contributed by atoms with Gasteiger partial charge in [-0.25, -0.2) is 4.39 Å². The number of hydrogen-bond donors (Lipinski definition) is 2. The van der Waals surface area contributed by atoms with E-state index in [4.69, 9.17) is 0 Å². The largest absolute Gasteiger partial charge is 0.387 e. The summed E-state index contributed by atoms with van der Waals surface area (Å²) >= 11 is 0. The highest BCUT2D eigenvalue weighted by atomic mass is 19.1. The van der Waals surface area contributed by atoms with Gasteiger partial charge in [-0.3, -0.25) is 0 Å². The SMILES string of the molecule is O[C@H](CN1CCC(O)(c2ccc(F)cc2)CC1)c1ccccc1. The predicted molar refractivity (Wildman–Crippen MR) is 87.4 cm³/mol. The van der Waals surface area contributed by atoms with E-state index in [1.165, 1.54) is 12.1 Å². The molecule has 2 N–H and O–H groups in total. The molecule has 0 radical (unpaired) electrons. The van der Waals surface area contributed by atoms with Gasteiger partial charge in [0.25, 0.3) is 0 Å². The van der Waals surface area contributed by atoms with E-state index in [2.05, 4.69) is 4.90 Å². The highest BCUT2D eigenvalue weighted by Crippen LogP contribution is 2.33. The van der Waals surface area contributed by atoms with Gasteiger partial charge >= 0.3 is 0 Å². The molecule has 1 fully saturated rings. The first kappa shape index (κ1) is 16.1. The van der Waals surface area contributed by atoms with Crippen LogP contribution in [0.4, 0.5) is 4.39 Å². The van der Waals surface area contributed by atoms with Gasteiger partial charge in [-0.05, 0) is 36.1 Å². The van der Waals surface area contributed by atoms with Crippen LogP contribution in [0.2, 0.25) is 0 Å². The quantitative estimate of drug-likeness (QED) is 0.912. The molecule has 0 spiro atoms. The van der Waals surface area contributed by atoms with Crippen LogP contribution in [0.3, 0.4) is 0 Å². The second kappa shape index (κ2) is 6.79. The molecule has 0 aliphatic carbocycles. The third-order valence-electron chi connectivity index (χ3n) is 4.68. The van der Waals surface area contributed by atoms with Gasteiger partial charge in [0.2, 0.25) is 0 Å². The van der Waals surface area contributed by atoms with Gasteiger partial charge in [-0.2, -0.15) is 0 Å². The van der Waals surface area contributed by atoms with Gasteiger partial charge in [0, 0.05) is 19.6 Å². The number of likely N-dealkylation sites (tertiary alicyclic amines) is 1. The second-order valence-electron chi connectivity index (χ2n) is 6.27. The van der Waals surface area contributed by atoms with E-state index in [0.717, 1.165) is 11.1 Å². The molecule has 3 rings (SSSR count). The number of β-amino-alcohol motifs (C(OH)–C–C–N with tert-alkyl or cyclic N) is 1. The lowest BCUT2D eigenvalue weighted by atomic mass is 9.84. The minimum absolute atomic E-state index is 0.291. The topological polar surface area (TPSA) is 43.7 Å². The van der Waals surface area contributed by atoms with E-state index < -0.39 is 11.7 Å². The number of hydrogen-bond acceptors (Lipinski definition) is 3. The van der Waals surface area contributed by atoms with E-state index in [0.29, 0.717) is 32.5 Å². The van der Waals surface area contributed by atoms with E-state index in [1.807, 2.05) is 30.3 Å². The maximum Gasteiger partial charge on any atom is 0.123 e. The van der Waals surface area contributed by atoms with Crippen molar-refractivity contribution in [1.82, 2.24) is 4.90 Å². The lowest BCUT2D eigenvalue weighted by Crippen LogP contribution is -2.43. The van der Waals surface area contributed by atoms with Crippen LogP contribution in [0, 0.1) is 5.82 Å².